The molecule has 0 aliphatic carbocycles. The third kappa shape index (κ3) is 2.67. The molecule has 1 saturated heterocycles. The minimum Gasteiger partial charge on any atom is -0.305 e. The van der Waals surface area contributed by atoms with E-state index >= 15 is 0 Å². The first kappa shape index (κ1) is 12.5. The van der Waals surface area contributed by atoms with Crippen molar-refractivity contribution in [2.75, 3.05) is 6.54 Å². The number of hydrogen-bond donors (Lipinski definition) is 1. The van der Waals surface area contributed by atoms with Crippen LogP contribution in [0.1, 0.15) is 25.3 Å². The van der Waals surface area contributed by atoms with E-state index in [1.54, 1.807) is 0 Å². The van der Waals surface area contributed by atoms with Crippen molar-refractivity contribution in [2.45, 2.75) is 31.7 Å². The summed E-state index contributed by atoms with van der Waals surface area (Å²) in [6.07, 6.45) is 2.01. The molecule has 2 rings (SSSR count). The highest BCUT2D eigenvalue weighted by atomic mass is 35.5. The molecule has 1 aliphatic rings. The maximum Gasteiger partial charge on any atom is 0.156 e. The van der Waals surface area contributed by atoms with Crippen LogP contribution in [-0.2, 0) is 11.2 Å². The fraction of sp³-hybridized carbons (Fsp3) is 0.462. The molecular formula is C13H15ClFNO. The van der Waals surface area contributed by atoms with Gasteiger partial charge < -0.3 is 5.32 Å². The molecule has 0 saturated carbocycles. The van der Waals surface area contributed by atoms with E-state index in [1.807, 2.05) is 6.92 Å². The van der Waals surface area contributed by atoms with E-state index in [9.17, 15) is 9.18 Å². The van der Waals surface area contributed by atoms with Crippen molar-refractivity contribution in [1.82, 2.24) is 5.32 Å². The van der Waals surface area contributed by atoms with Crippen molar-refractivity contribution in [1.29, 1.82) is 0 Å². The highest BCUT2D eigenvalue weighted by Gasteiger charge is 2.35. The van der Waals surface area contributed by atoms with Gasteiger partial charge in [0, 0.05) is 11.4 Å². The van der Waals surface area contributed by atoms with Gasteiger partial charge in [0.2, 0.25) is 0 Å². The molecule has 1 heterocycles. The second-order valence-electron chi connectivity index (χ2n) is 4.70. The van der Waals surface area contributed by atoms with Crippen molar-refractivity contribution >= 4 is 17.4 Å². The number of hydrogen-bond acceptors (Lipinski definition) is 2. The summed E-state index contributed by atoms with van der Waals surface area (Å²) in [5.41, 5.74) is 0.0851. The standard InChI is InChI=1S/C13H15ClFNO/c1-13(5-2-6-16-13)12(17)8-9-7-10(15)3-4-11(9)14/h3-4,7,16H,2,5-6,8H2,1H3. The second-order valence-corrected chi connectivity index (χ2v) is 5.11. The van der Waals surface area contributed by atoms with Gasteiger partial charge in [0.1, 0.15) is 5.82 Å². The zero-order valence-corrected chi connectivity index (χ0v) is 10.5. The quantitative estimate of drug-likeness (QED) is 0.900. The molecule has 0 spiro atoms. The fourth-order valence-corrected chi connectivity index (χ4v) is 2.36. The normalized spacial score (nSPS) is 23.9. The Morgan fingerprint density at radius 2 is 2.35 bits per heavy atom. The third-order valence-electron chi connectivity index (χ3n) is 3.34. The van der Waals surface area contributed by atoms with Gasteiger partial charge in [0.15, 0.2) is 5.78 Å². The topological polar surface area (TPSA) is 29.1 Å². The molecule has 1 N–H and O–H groups in total. The Balaban J connectivity index is 2.15. The predicted octanol–water partition coefficient (Wildman–Crippen LogP) is 2.73. The van der Waals surface area contributed by atoms with E-state index in [0.29, 0.717) is 10.6 Å². The van der Waals surface area contributed by atoms with E-state index in [2.05, 4.69) is 5.32 Å². The van der Waals surface area contributed by atoms with Crippen LogP contribution >= 0.6 is 11.6 Å². The summed E-state index contributed by atoms with van der Waals surface area (Å²) in [7, 11) is 0. The van der Waals surface area contributed by atoms with Crippen LogP contribution in [0.4, 0.5) is 4.39 Å². The molecule has 2 nitrogen and oxygen atoms in total. The Morgan fingerprint density at radius 1 is 1.59 bits per heavy atom. The molecule has 1 atom stereocenters. The third-order valence-corrected chi connectivity index (χ3v) is 3.71. The van der Waals surface area contributed by atoms with Crippen molar-refractivity contribution in [3.63, 3.8) is 0 Å². The number of benzene rings is 1. The molecule has 0 amide bonds. The lowest BCUT2D eigenvalue weighted by molar-refractivity contribution is -0.123. The van der Waals surface area contributed by atoms with Crippen LogP contribution in [0.2, 0.25) is 5.02 Å². The zero-order valence-electron chi connectivity index (χ0n) is 9.72. The minimum atomic E-state index is -0.477. The fourth-order valence-electron chi connectivity index (χ4n) is 2.18. The number of Topliss-reactive ketones (excluding diaryl/α,β-unsaturated/α-hetero) is 1. The van der Waals surface area contributed by atoms with E-state index < -0.39 is 5.54 Å². The zero-order chi connectivity index (χ0) is 12.5. The summed E-state index contributed by atoms with van der Waals surface area (Å²) in [5.74, 6) is -0.288. The van der Waals surface area contributed by atoms with Crippen molar-refractivity contribution in [3.05, 3.63) is 34.6 Å². The van der Waals surface area contributed by atoms with Crippen LogP contribution in [0.15, 0.2) is 18.2 Å². The number of carbonyl (C=O) groups is 1. The lowest BCUT2D eigenvalue weighted by Gasteiger charge is -2.22. The van der Waals surface area contributed by atoms with Crippen LogP contribution in [-0.4, -0.2) is 17.9 Å². The van der Waals surface area contributed by atoms with Gasteiger partial charge in [-0.1, -0.05) is 11.6 Å². The van der Waals surface area contributed by atoms with Crippen molar-refractivity contribution < 1.29 is 9.18 Å². The average Bonchev–Trinajstić information content (AvgIpc) is 2.72. The van der Waals surface area contributed by atoms with E-state index in [1.165, 1.54) is 18.2 Å². The summed E-state index contributed by atoms with van der Waals surface area (Å²) < 4.78 is 13.1. The Bertz CT molecular complexity index is 441. The highest BCUT2D eigenvalue weighted by Crippen LogP contribution is 2.24. The smallest absolute Gasteiger partial charge is 0.156 e. The summed E-state index contributed by atoms with van der Waals surface area (Å²) in [4.78, 5) is 12.2. The molecule has 1 aromatic carbocycles. The summed E-state index contributed by atoms with van der Waals surface area (Å²) >= 11 is 5.95. The van der Waals surface area contributed by atoms with Gasteiger partial charge in [0.25, 0.3) is 0 Å². The molecule has 92 valence electrons. The number of ketones is 1. The Morgan fingerprint density at radius 3 is 3.00 bits per heavy atom. The summed E-state index contributed by atoms with van der Waals surface area (Å²) in [6, 6.07) is 4.12. The lowest BCUT2D eigenvalue weighted by atomic mass is 9.90. The van der Waals surface area contributed by atoms with E-state index in [0.717, 1.165) is 19.4 Å². The first-order valence-electron chi connectivity index (χ1n) is 5.73. The van der Waals surface area contributed by atoms with Crippen LogP contribution in [0.25, 0.3) is 0 Å². The Kier molecular flexibility index (Phi) is 3.50. The molecule has 1 aromatic rings. The van der Waals surface area contributed by atoms with Crippen LogP contribution in [0, 0.1) is 5.82 Å². The maximum absolute atomic E-state index is 13.1. The van der Waals surface area contributed by atoms with Gasteiger partial charge in [0.05, 0.1) is 5.54 Å². The average molecular weight is 256 g/mol. The highest BCUT2D eigenvalue weighted by molar-refractivity contribution is 6.31. The molecule has 4 heteroatoms. The Hall–Kier alpha value is -0.930. The SMILES string of the molecule is CC1(C(=O)Cc2cc(F)ccc2Cl)CCCN1. The first-order valence-corrected chi connectivity index (χ1v) is 6.11. The van der Waals surface area contributed by atoms with Crippen LogP contribution in [0.5, 0.6) is 0 Å². The summed E-state index contributed by atoms with van der Waals surface area (Å²) in [6.45, 7) is 2.76. The molecule has 17 heavy (non-hydrogen) atoms. The van der Waals surface area contributed by atoms with E-state index in [-0.39, 0.29) is 18.0 Å². The molecular weight excluding hydrogens is 241 g/mol. The van der Waals surface area contributed by atoms with E-state index in [4.69, 9.17) is 11.6 Å². The van der Waals surface area contributed by atoms with Gasteiger partial charge in [-0.05, 0) is 50.1 Å². The predicted molar refractivity (Wildman–Crippen MR) is 65.8 cm³/mol. The summed E-state index contributed by atoms with van der Waals surface area (Å²) in [5, 5.41) is 3.65. The molecule has 1 fully saturated rings. The molecule has 0 bridgehead atoms. The number of rotatable bonds is 3. The molecule has 1 aliphatic heterocycles. The molecule has 0 aromatic heterocycles. The number of carbonyl (C=O) groups excluding carboxylic acids is 1. The van der Waals surface area contributed by atoms with Gasteiger partial charge in [-0.25, -0.2) is 4.39 Å². The van der Waals surface area contributed by atoms with Crippen LogP contribution < -0.4 is 5.32 Å². The second kappa shape index (κ2) is 4.75. The maximum atomic E-state index is 13.1. The largest absolute Gasteiger partial charge is 0.305 e. The van der Waals surface area contributed by atoms with Gasteiger partial charge >= 0.3 is 0 Å². The number of nitrogens with one attached hydrogen (secondary N) is 1. The van der Waals surface area contributed by atoms with Gasteiger partial charge in [-0.2, -0.15) is 0 Å². The first-order chi connectivity index (χ1) is 8.01. The van der Waals surface area contributed by atoms with Crippen LogP contribution in [0.3, 0.4) is 0 Å². The molecule has 0 radical (unpaired) electrons. The van der Waals surface area contributed by atoms with Gasteiger partial charge in [-0.3, -0.25) is 4.79 Å². The van der Waals surface area contributed by atoms with Crippen molar-refractivity contribution in [3.8, 4) is 0 Å². The minimum absolute atomic E-state index is 0.0718. The van der Waals surface area contributed by atoms with Crippen molar-refractivity contribution in [2.24, 2.45) is 0 Å². The monoisotopic (exact) mass is 255 g/mol. The van der Waals surface area contributed by atoms with Gasteiger partial charge in [-0.15, -0.1) is 0 Å². The molecule has 1 unspecified atom stereocenters. The Labute approximate surface area is 105 Å². The number of halogens is 2. The lowest BCUT2D eigenvalue weighted by Crippen LogP contribution is -2.45.